The summed E-state index contributed by atoms with van der Waals surface area (Å²) in [6, 6.07) is 7.43. The minimum atomic E-state index is 0.0288. The van der Waals surface area contributed by atoms with E-state index < -0.39 is 0 Å². The summed E-state index contributed by atoms with van der Waals surface area (Å²) in [5, 5.41) is 2.88. The lowest BCUT2D eigenvalue weighted by Gasteiger charge is -2.10. The second-order valence-corrected chi connectivity index (χ2v) is 5.71. The molecule has 0 aliphatic rings. The highest BCUT2D eigenvalue weighted by atomic mass is 32.2. The van der Waals surface area contributed by atoms with Crippen molar-refractivity contribution in [1.82, 2.24) is 15.3 Å². The van der Waals surface area contributed by atoms with Gasteiger partial charge in [-0.1, -0.05) is 6.07 Å². The van der Waals surface area contributed by atoms with Gasteiger partial charge in [-0.25, -0.2) is 4.98 Å². The fourth-order valence-electron chi connectivity index (χ4n) is 1.75. The number of rotatable bonds is 7. The van der Waals surface area contributed by atoms with Crippen molar-refractivity contribution < 1.29 is 9.53 Å². The van der Waals surface area contributed by atoms with Gasteiger partial charge in [-0.3, -0.25) is 9.78 Å². The number of amides is 1. The summed E-state index contributed by atoms with van der Waals surface area (Å²) in [5.41, 5.74) is 1.76. The number of aryl methyl sites for hydroxylation is 1. The Balaban J connectivity index is 2.00. The first-order valence-corrected chi connectivity index (χ1v) is 8.38. The molecule has 6 heteroatoms. The Labute approximate surface area is 134 Å². The Morgan fingerprint density at radius 1 is 1.32 bits per heavy atom. The van der Waals surface area contributed by atoms with E-state index in [-0.39, 0.29) is 5.91 Å². The quantitative estimate of drug-likeness (QED) is 0.850. The lowest BCUT2D eigenvalue weighted by molar-refractivity contribution is -0.120. The third kappa shape index (κ3) is 5.04. The zero-order valence-corrected chi connectivity index (χ0v) is 13.5. The summed E-state index contributed by atoms with van der Waals surface area (Å²) >= 11 is 1.65. The van der Waals surface area contributed by atoms with E-state index in [2.05, 4.69) is 15.3 Å². The monoisotopic (exact) mass is 317 g/mol. The van der Waals surface area contributed by atoms with Crippen LogP contribution in [0.4, 0.5) is 0 Å². The number of carbonyl (C=O) groups excluding carboxylic acids is 1. The summed E-state index contributed by atoms with van der Waals surface area (Å²) in [6.45, 7) is 2.32. The Morgan fingerprint density at radius 2 is 2.18 bits per heavy atom. The zero-order chi connectivity index (χ0) is 15.8. The van der Waals surface area contributed by atoms with Crippen molar-refractivity contribution >= 4 is 17.7 Å². The van der Waals surface area contributed by atoms with Gasteiger partial charge in [-0.15, -0.1) is 0 Å². The molecule has 2 aromatic heterocycles. The van der Waals surface area contributed by atoms with Gasteiger partial charge in [-0.05, 0) is 31.4 Å². The van der Waals surface area contributed by atoms with E-state index in [0.717, 1.165) is 17.0 Å². The van der Waals surface area contributed by atoms with Crippen molar-refractivity contribution in [3.8, 4) is 11.6 Å². The highest BCUT2D eigenvalue weighted by Crippen LogP contribution is 2.22. The first-order chi connectivity index (χ1) is 10.7. The van der Waals surface area contributed by atoms with Crippen molar-refractivity contribution in [2.45, 2.75) is 19.9 Å². The summed E-state index contributed by atoms with van der Waals surface area (Å²) < 4.78 is 5.75. The highest BCUT2D eigenvalue weighted by molar-refractivity contribution is 7.98. The maximum absolute atomic E-state index is 11.7. The van der Waals surface area contributed by atoms with Crippen LogP contribution in [0.3, 0.4) is 0 Å². The van der Waals surface area contributed by atoms with Crippen LogP contribution in [-0.2, 0) is 11.3 Å². The summed E-state index contributed by atoms with van der Waals surface area (Å²) in [5.74, 6) is 1.95. The first kappa shape index (κ1) is 16.3. The second kappa shape index (κ2) is 8.38. The van der Waals surface area contributed by atoms with Crippen molar-refractivity contribution in [1.29, 1.82) is 0 Å². The van der Waals surface area contributed by atoms with E-state index in [0.29, 0.717) is 24.6 Å². The molecule has 0 spiro atoms. The standard InChI is InChI=1S/C16H19N3O2S/c1-12-5-6-14(11-18-12)21-16-13(4-3-8-17-16)10-19-15(20)7-9-22-2/h3-6,8,11H,7,9-10H2,1-2H3,(H,19,20). The number of hydrogen-bond donors (Lipinski definition) is 1. The molecule has 0 atom stereocenters. The SMILES string of the molecule is CSCCC(=O)NCc1cccnc1Oc1ccc(C)nc1. The fraction of sp³-hybridized carbons (Fsp3) is 0.312. The third-order valence-corrected chi connectivity index (χ3v) is 3.57. The Morgan fingerprint density at radius 3 is 2.91 bits per heavy atom. The van der Waals surface area contributed by atoms with Crippen LogP contribution in [-0.4, -0.2) is 27.9 Å². The van der Waals surface area contributed by atoms with Crippen molar-refractivity contribution in [2.24, 2.45) is 0 Å². The fourth-order valence-corrected chi connectivity index (χ4v) is 2.14. The van der Waals surface area contributed by atoms with Gasteiger partial charge in [0.2, 0.25) is 11.8 Å². The maximum Gasteiger partial charge on any atom is 0.224 e. The van der Waals surface area contributed by atoms with E-state index in [1.807, 2.05) is 37.4 Å². The van der Waals surface area contributed by atoms with Gasteiger partial charge < -0.3 is 10.1 Å². The van der Waals surface area contributed by atoms with Crippen LogP contribution in [0, 0.1) is 6.92 Å². The molecule has 0 aliphatic heterocycles. The zero-order valence-electron chi connectivity index (χ0n) is 12.7. The van der Waals surface area contributed by atoms with Crippen molar-refractivity contribution in [2.75, 3.05) is 12.0 Å². The highest BCUT2D eigenvalue weighted by Gasteiger charge is 2.08. The predicted molar refractivity (Wildman–Crippen MR) is 88.1 cm³/mol. The van der Waals surface area contributed by atoms with Crippen LogP contribution >= 0.6 is 11.8 Å². The van der Waals surface area contributed by atoms with Gasteiger partial charge in [0, 0.05) is 36.2 Å². The molecule has 0 radical (unpaired) electrons. The van der Waals surface area contributed by atoms with Gasteiger partial charge in [0.15, 0.2) is 0 Å². The van der Waals surface area contributed by atoms with Crippen molar-refractivity contribution in [3.05, 3.63) is 47.9 Å². The molecule has 116 valence electrons. The van der Waals surface area contributed by atoms with Crippen LogP contribution in [0.1, 0.15) is 17.7 Å². The Kier molecular flexibility index (Phi) is 6.21. The molecule has 5 nitrogen and oxygen atoms in total. The molecule has 0 aliphatic carbocycles. The van der Waals surface area contributed by atoms with Crippen LogP contribution in [0.25, 0.3) is 0 Å². The minimum Gasteiger partial charge on any atom is -0.437 e. The largest absolute Gasteiger partial charge is 0.437 e. The number of thioether (sulfide) groups is 1. The van der Waals surface area contributed by atoms with Gasteiger partial charge in [-0.2, -0.15) is 11.8 Å². The smallest absolute Gasteiger partial charge is 0.224 e. The number of nitrogens with zero attached hydrogens (tertiary/aromatic N) is 2. The molecular weight excluding hydrogens is 298 g/mol. The lowest BCUT2D eigenvalue weighted by atomic mass is 10.2. The number of hydrogen-bond acceptors (Lipinski definition) is 5. The van der Waals surface area contributed by atoms with Crippen LogP contribution in [0.15, 0.2) is 36.7 Å². The molecular formula is C16H19N3O2S. The number of carbonyl (C=O) groups is 1. The predicted octanol–water partition coefficient (Wildman–Crippen LogP) is 2.95. The molecule has 2 heterocycles. The molecule has 0 saturated carbocycles. The average molecular weight is 317 g/mol. The van der Waals surface area contributed by atoms with Crippen LogP contribution in [0.5, 0.6) is 11.6 Å². The first-order valence-electron chi connectivity index (χ1n) is 6.99. The lowest BCUT2D eigenvalue weighted by Crippen LogP contribution is -2.23. The minimum absolute atomic E-state index is 0.0288. The topological polar surface area (TPSA) is 64.1 Å². The molecule has 0 aromatic carbocycles. The van der Waals surface area contributed by atoms with Gasteiger partial charge in [0.25, 0.3) is 0 Å². The number of pyridine rings is 2. The summed E-state index contributed by atoms with van der Waals surface area (Å²) in [4.78, 5) is 20.1. The molecule has 0 bridgehead atoms. The molecule has 22 heavy (non-hydrogen) atoms. The Bertz CT molecular complexity index is 617. The van der Waals surface area contributed by atoms with Gasteiger partial charge >= 0.3 is 0 Å². The molecule has 0 saturated heterocycles. The van der Waals surface area contributed by atoms with E-state index >= 15 is 0 Å². The van der Waals surface area contributed by atoms with Gasteiger partial charge in [0.1, 0.15) is 5.75 Å². The van der Waals surface area contributed by atoms with Crippen LogP contribution in [0.2, 0.25) is 0 Å². The molecule has 1 amide bonds. The molecule has 1 N–H and O–H groups in total. The summed E-state index contributed by atoms with van der Waals surface area (Å²) in [7, 11) is 0. The second-order valence-electron chi connectivity index (χ2n) is 4.72. The normalized spacial score (nSPS) is 10.3. The van der Waals surface area contributed by atoms with Crippen LogP contribution < -0.4 is 10.1 Å². The van der Waals surface area contributed by atoms with E-state index in [1.54, 1.807) is 24.2 Å². The number of aromatic nitrogens is 2. The van der Waals surface area contributed by atoms with E-state index in [4.69, 9.17) is 4.74 Å². The molecule has 2 rings (SSSR count). The molecule has 2 aromatic rings. The van der Waals surface area contributed by atoms with E-state index in [9.17, 15) is 4.79 Å². The number of nitrogens with one attached hydrogen (secondary N) is 1. The molecule has 0 unspecified atom stereocenters. The summed E-state index contributed by atoms with van der Waals surface area (Å²) in [6.07, 6.45) is 5.82. The Hall–Kier alpha value is -2.08. The average Bonchev–Trinajstić information content (AvgIpc) is 2.54. The van der Waals surface area contributed by atoms with Crippen molar-refractivity contribution in [3.63, 3.8) is 0 Å². The third-order valence-electron chi connectivity index (χ3n) is 2.96. The maximum atomic E-state index is 11.7. The van der Waals surface area contributed by atoms with Gasteiger partial charge in [0.05, 0.1) is 6.20 Å². The van der Waals surface area contributed by atoms with E-state index in [1.165, 1.54) is 0 Å². The number of ether oxygens (including phenoxy) is 1. The molecule has 0 fully saturated rings.